The average Bonchev–Trinajstić information content (AvgIpc) is 2.60. The maximum absolute atomic E-state index is 4.48. The molecule has 1 atom stereocenters. The van der Waals surface area contributed by atoms with Gasteiger partial charge in [0, 0.05) is 23.7 Å². The van der Waals surface area contributed by atoms with Crippen LogP contribution in [0.3, 0.4) is 0 Å². The lowest BCUT2D eigenvalue weighted by molar-refractivity contribution is 0.488. The number of aromatic nitrogens is 2. The lowest BCUT2D eigenvalue weighted by Crippen LogP contribution is -2.26. The molecule has 0 fully saturated rings. The van der Waals surface area contributed by atoms with Gasteiger partial charge in [-0.05, 0) is 32.9 Å². The van der Waals surface area contributed by atoms with Crippen LogP contribution in [-0.4, -0.2) is 22.9 Å². The Labute approximate surface area is 99.2 Å². The van der Waals surface area contributed by atoms with E-state index >= 15 is 0 Å². The fourth-order valence-electron chi connectivity index (χ4n) is 2.11. The second-order valence-electron chi connectivity index (χ2n) is 5.48. The zero-order valence-electron chi connectivity index (χ0n) is 11.5. The minimum atomic E-state index is 0.162. The van der Waals surface area contributed by atoms with E-state index < -0.39 is 0 Å². The highest BCUT2D eigenvalue weighted by atomic mass is 15.3. The molecule has 0 saturated carbocycles. The van der Waals surface area contributed by atoms with Gasteiger partial charge in [-0.1, -0.05) is 20.8 Å². The highest BCUT2D eigenvalue weighted by molar-refractivity contribution is 5.25. The van der Waals surface area contributed by atoms with Gasteiger partial charge in [0.15, 0.2) is 0 Å². The molecule has 1 unspecified atom stereocenters. The summed E-state index contributed by atoms with van der Waals surface area (Å²) in [7, 11) is 2.01. The second-order valence-corrected chi connectivity index (χ2v) is 5.48. The summed E-state index contributed by atoms with van der Waals surface area (Å²) in [4.78, 5) is 0. The highest BCUT2D eigenvalue weighted by Gasteiger charge is 2.23. The molecule has 0 aliphatic heterocycles. The summed E-state index contributed by atoms with van der Waals surface area (Å²) in [6.45, 7) is 12.1. The normalized spacial score (nSPS) is 14.1. The van der Waals surface area contributed by atoms with Crippen LogP contribution in [0.1, 0.15) is 45.9 Å². The van der Waals surface area contributed by atoms with E-state index in [0.717, 1.165) is 13.0 Å². The first-order valence-electron chi connectivity index (χ1n) is 6.12. The van der Waals surface area contributed by atoms with E-state index in [0.29, 0.717) is 6.04 Å². The Morgan fingerprint density at radius 3 is 2.50 bits per heavy atom. The molecule has 0 amide bonds. The molecule has 3 heteroatoms. The monoisotopic (exact) mass is 223 g/mol. The molecular weight excluding hydrogens is 198 g/mol. The van der Waals surface area contributed by atoms with Crippen molar-refractivity contribution < 1.29 is 0 Å². The molecule has 0 aliphatic carbocycles. The number of likely N-dealkylation sites (N-methyl/N-ethyl adjacent to an activating group) is 1. The maximum atomic E-state index is 4.48. The van der Waals surface area contributed by atoms with Crippen LogP contribution in [0.5, 0.6) is 0 Å². The van der Waals surface area contributed by atoms with Crippen molar-refractivity contribution in [2.75, 3.05) is 7.05 Å². The van der Waals surface area contributed by atoms with Gasteiger partial charge in [-0.25, -0.2) is 0 Å². The summed E-state index contributed by atoms with van der Waals surface area (Å²) < 4.78 is 2.12. The molecule has 0 aromatic carbocycles. The largest absolute Gasteiger partial charge is 0.317 e. The summed E-state index contributed by atoms with van der Waals surface area (Å²) in [5.41, 5.74) is 2.91. The third kappa shape index (κ3) is 2.85. The van der Waals surface area contributed by atoms with E-state index in [2.05, 4.69) is 49.7 Å². The molecule has 0 bridgehead atoms. The lowest BCUT2D eigenvalue weighted by atomic mass is 9.87. The van der Waals surface area contributed by atoms with Crippen molar-refractivity contribution >= 4 is 0 Å². The quantitative estimate of drug-likeness (QED) is 0.849. The number of hydrogen-bond acceptors (Lipinski definition) is 2. The van der Waals surface area contributed by atoms with Gasteiger partial charge in [0.2, 0.25) is 0 Å². The van der Waals surface area contributed by atoms with Gasteiger partial charge in [-0.2, -0.15) is 5.10 Å². The molecule has 1 N–H and O–H groups in total. The summed E-state index contributed by atoms with van der Waals surface area (Å²) in [5.74, 6) is 0. The topological polar surface area (TPSA) is 29.9 Å². The zero-order valence-corrected chi connectivity index (χ0v) is 11.5. The van der Waals surface area contributed by atoms with Gasteiger partial charge in [-0.3, -0.25) is 4.68 Å². The molecule has 0 aliphatic rings. The van der Waals surface area contributed by atoms with Gasteiger partial charge in [-0.15, -0.1) is 0 Å². The van der Waals surface area contributed by atoms with Crippen LogP contribution in [0.2, 0.25) is 0 Å². The summed E-state index contributed by atoms with van der Waals surface area (Å²) in [5, 5.41) is 7.76. The molecule has 3 nitrogen and oxygen atoms in total. The van der Waals surface area contributed by atoms with Gasteiger partial charge >= 0.3 is 0 Å². The standard InChI is InChI=1S/C13H25N3/c1-7-16-12(13(3,4)5)11(9-15-16)8-10(2)14-6/h9-10,14H,7-8H2,1-6H3. The van der Waals surface area contributed by atoms with Crippen molar-refractivity contribution in [3.8, 4) is 0 Å². The first-order valence-corrected chi connectivity index (χ1v) is 6.12. The Morgan fingerprint density at radius 1 is 1.44 bits per heavy atom. The van der Waals surface area contributed by atoms with Crippen LogP contribution in [0.25, 0.3) is 0 Å². The SMILES string of the molecule is CCn1ncc(CC(C)NC)c1C(C)(C)C. The Morgan fingerprint density at radius 2 is 2.06 bits per heavy atom. The second kappa shape index (κ2) is 5.00. The maximum Gasteiger partial charge on any atom is 0.0525 e. The van der Waals surface area contributed by atoms with Crippen molar-refractivity contribution in [1.82, 2.24) is 15.1 Å². The molecule has 1 heterocycles. The first kappa shape index (κ1) is 13.2. The molecule has 16 heavy (non-hydrogen) atoms. The highest BCUT2D eigenvalue weighted by Crippen LogP contribution is 2.26. The Balaban J connectivity index is 3.05. The van der Waals surface area contributed by atoms with Crippen molar-refractivity contribution in [1.29, 1.82) is 0 Å². The van der Waals surface area contributed by atoms with E-state index in [4.69, 9.17) is 0 Å². The summed E-state index contributed by atoms with van der Waals surface area (Å²) in [6, 6.07) is 0.496. The molecule has 0 spiro atoms. The number of nitrogens with zero attached hydrogens (tertiary/aromatic N) is 2. The van der Waals surface area contributed by atoms with Crippen LogP contribution < -0.4 is 5.32 Å². The van der Waals surface area contributed by atoms with E-state index in [1.54, 1.807) is 0 Å². The zero-order chi connectivity index (χ0) is 12.3. The summed E-state index contributed by atoms with van der Waals surface area (Å²) in [6.07, 6.45) is 3.07. The van der Waals surface area contributed by atoms with Crippen LogP contribution in [0.15, 0.2) is 6.20 Å². The summed E-state index contributed by atoms with van der Waals surface area (Å²) >= 11 is 0. The minimum Gasteiger partial charge on any atom is -0.317 e. The van der Waals surface area contributed by atoms with Crippen molar-refractivity contribution in [2.24, 2.45) is 0 Å². The van der Waals surface area contributed by atoms with Crippen LogP contribution >= 0.6 is 0 Å². The van der Waals surface area contributed by atoms with E-state index in [-0.39, 0.29) is 5.41 Å². The molecular formula is C13H25N3. The van der Waals surface area contributed by atoms with Gasteiger partial charge < -0.3 is 5.32 Å². The lowest BCUT2D eigenvalue weighted by Gasteiger charge is -2.23. The van der Waals surface area contributed by atoms with E-state index in [9.17, 15) is 0 Å². The van der Waals surface area contributed by atoms with Crippen molar-refractivity contribution in [2.45, 2.75) is 59.0 Å². The van der Waals surface area contributed by atoms with Crippen LogP contribution in [0, 0.1) is 0 Å². The Hall–Kier alpha value is -0.830. The van der Waals surface area contributed by atoms with E-state index in [1.807, 2.05) is 13.2 Å². The molecule has 0 saturated heterocycles. The van der Waals surface area contributed by atoms with Crippen LogP contribution in [-0.2, 0) is 18.4 Å². The third-order valence-electron chi connectivity index (χ3n) is 2.94. The number of aryl methyl sites for hydroxylation is 1. The van der Waals surface area contributed by atoms with Crippen molar-refractivity contribution in [3.05, 3.63) is 17.5 Å². The van der Waals surface area contributed by atoms with Crippen molar-refractivity contribution in [3.63, 3.8) is 0 Å². The average molecular weight is 223 g/mol. The molecule has 1 aromatic heterocycles. The molecule has 0 radical (unpaired) electrons. The fraction of sp³-hybridized carbons (Fsp3) is 0.769. The number of nitrogens with one attached hydrogen (secondary N) is 1. The van der Waals surface area contributed by atoms with Gasteiger partial charge in [0.25, 0.3) is 0 Å². The predicted molar refractivity (Wildman–Crippen MR) is 68.8 cm³/mol. The number of rotatable bonds is 4. The van der Waals surface area contributed by atoms with E-state index in [1.165, 1.54) is 11.3 Å². The van der Waals surface area contributed by atoms with Crippen LogP contribution in [0.4, 0.5) is 0 Å². The number of hydrogen-bond donors (Lipinski definition) is 1. The minimum absolute atomic E-state index is 0.162. The molecule has 92 valence electrons. The Kier molecular flexibility index (Phi) is 4.14. The molecule has 1 aromatic rings. The third-order valence-corrected chi connectivity index (χ3v) is 2.94. The first-order chi connectivity index (χ1) is 7.40. The smallest absolute Gasteiger partial charge is 0.0525 e. The van der Waals surface area contributed by atoms with Gasteiger partial charge in [0.05, 0.1) is 6.20 Å². The molecule has 1 rings (SSSR count). The Bertz CT molecular complexity index is 333. The fourth-order valence-corrected chi connectivity index (χ4v) is 2.11. The van der Waals surface area contributed by atoms with Gasteiger partial charge in [0.1, 0.15) is 0 Å². The predicted octanol–water partition coefficient (Wildman–Crippen LogP) is 2.35.